The van der Waals surface area contributed by atoms with Gasteiger partial charge in [-0.3, -0.25) is 0 Å². The van der Waals surface area contributed by atoms with E-state index in [9.17, 15) is 0 Å². The number of hydrogen-bond donors (Lipinski definition) is 1. The summed E-state index contributed by atoms with van der Waals surface area (Å²) in [4.78, 5) is 0. The summed E-state index contributed by atoms with van der Waals surface area (Å²) in [5, 5.41) is 3.94. The van der Waals surface area contributed by atoms with Crippen molar-refractivity contribution in [2.24, 2.45) is 0 Å². The van der Waals surface area contributed by atoms with Crippen LogP contribution in [0.4, 0.5) is 0 Å². The maximum absolute atomic E-state index is 4.81. The van der Waals surface area contributed by atoms with Crippen molar-refractivity contribution in [1.82, 2.24) is 4.13 Å². The summed E-state index contributed by atoms with van der Waals surface area (Å²) in [6, 6.07) is 0. The highest BCUT2D eigenvalue weighted by Gasteiger charge is 1.90. The maximum Gasteiger partial charge on any atom is -0.00160 e. The maximum atomic E-state index is 4.81. The highest BCUT2D eigenvalue weighted by Crippen LogP contribution is 2.05. The van der Waals surface area contributed by atoms with Gasteiger partial charge in [-0.1, -0.05) is 0 Å². The number of rotatable bonds is 0. The summed E-state index contributed by atoms with van der Waals surface area (Å²) in [5.41, 5.74) is 0. The van der Waals surface area contributed by atoms with Gasteiger partial charge in [0.2, 0.25) is 0 Å². The molecule has 0 aliphatic carbocycles. The molecule has 0 aromatic carbocycles. The summed E-state index contributed by atoms with van der Waals surface area (Å²) in [6.07, 6.45) is 0. The third-order valence-electron chi connectivity index (χ3n) is 0.377. The average molecular weight is 137 g/mol. The predicted molar refractivity (Wildman–Crippen MR) is 34.6 cm³/mol. The Kier molecular flexibility index (Phi) is 1.64. The van der Waals surface area contributed by atoms with Crippen molar-refractivity contribution < 1.29 is 0 Å². The molecule has 1 nitrogen and oxygen atoms in total. The topological polar surface area (TPSA) is 12.0 Å². The Balaban J connectivity index is 2.59. The Morgan fingerprint density at radius 1 is 1.83 bits per heavy atom. The normalized spacial score (nSPS) is 31.7. The van der Waals surface area contributed by atoms with E-state index >= 15 is 0 Å². The molecule has 0 saturated heterocycles. The molecular weight excluding hydrogens is 134 g/mol. The van der Waals surface area contributed by atoms with Crippen LogP contribution >= 0.6 is 11.9 Å². The molecule has 6 heavy (non-hydrogen) atoms. The molecule has 1 aliphatic heterocycles. The lowest BCUT2D eigenvalue weighted by atomic mass is 11.3. The lowest BCUT2D eigenvalue weighted by Crippen LogP contribution is -1.94. The van der Waals surface area contributed by atoms with Gasteiger partial charge in [-0.15, -0.1) is 0 Å². The molecule has 1 heterocycles. The van der Waals surface area contributed by atoms with E-state index in [0.29, 0.717) is 0 Å². The van der Waals surface area contributed by atoms with E-state index in [1.54, 1.807) is 11.9 Å². The van der Waals surface area contributed by atoms with Gasteiger partial charge in [-0.25, -0.2) is 0 Å². The molecule has 0 amide bonds. The molecule has 0 aromatic heterocycles. The van der Waals surface area contributed by atoms with E-state index in [1.807, 2.05) is 10.8 Å². The fraction of sp³-hybridized carbons (Fsp3) is 0. The molecule has 0 spiro atoms. The minimum Gasteiger partial charge on any atom is -0.197 e. The van der Waals surface area contributed by atoms with Crippen molar-refractivity contribution in [2.75, 3.05) is 0 Å². The Morgan fingerprint density at radius 3 is 2.83 bits per heavy atom. The van der Waals surface area contributed by atoms with Crippen LogP contribution in [0, 0.1) is 0 Å². The molecule has 0 fully saturated rings. The Bertz CT molecular complexity index is 97.0. The molecule has 4 heteroatoms. The summed E-state index contributed by atoms with van der Waals surface area (Å²) in [6.45, 7) is 0. The molecule has 1 atom stereocenters. The number of nitrogens with one attached hydrogen (secondary N) is 1. The second kappa shape index (κ2) is 2.07. The number of hydrogen-bond acceptors (Lipinski definition) is 2. The Morgan fingerprint density at radius 2 is 2.67 bits per heavy atom. The van der Waals surface area contributed by atoms with E-state index < -0.39 is 0 Å². The summed E-state index contributed by atoms with van der Waals surface area (Å²) < 4.78 is 2.97. The molecule has 34 valence electrons. The van der Waals surface area contributed by atoms with Crippen LogP contribution in [0.1, 0.15) is 0 Å². The van der Waals surface area contributed by atoms with Crippen molar-refractivity contribution in [2.45, 2.75) is 0 Å². The minimum atomic E-state index is -0.0571. The molecule has 1 rings (SSSR count). The first kappa shape index (κ1) is 4.77. The van der Waals surface area contributed by atoms with Gasteiger partial charge in [0.05, 0.1) is 0 Å². The molecule has 1 N–H and O–H groups in total. The second-order valence-corrected chi connectivity index (χ2v) is 3.89. The van der Waals surface area contributed by atoms with E-state index in [1.165, 1.54) is 0 Å². The van der Waals surface area contributed by atoms with E-state index in [-0.39, 0.29) is 9.64 Å². The monoisotopic (exact) mass is 137 g/mol. The van der Waals surface area contributed by atoms with E-state index in [2.05, 4.69) is 4.13 Å². The predicted octanol–water partition coefficient (Wildman–Crippen LogP) is 0.704. The molecule has 0 saturated carbocycles. The third-order valence-corrected chi connectivity index (χ3v) is 3.19. The highest BCUT2D eigenvalue weighted by atomic mass is 32.8. The lowest BCUT2D eigenvalue weighted by molar-refractivity contribution is 1.79. The fourth-order valence-electron chi connectivity index (χ4n) is 0.181. The Labute approximate surface area is 48.1 Å². The van der Waals surface area contributed by atoms with Crippen molar-refractivity contribution in [3.63, 3.8) is 0 Å². The van der Waals surface area contributed by atoms with Crippen molar-refractivity contribution in [3.8, 4) is 0 Å². The average Bonchev–Trinajstić information content (AvgIpc) is 1.86. The smallest absolute Gasteiger partial charge is 0.00160 e. The first-order valence-corrected chi connectivity index (χ1v) is 4.47. The van der Waals surface area contributed by atoms with Crippen LogP contribution in [-0.4, -0.2) is 0 Å². The molecular formula is C2H3NS3. The van der Waals surface area contributed by atoms with Gasteiger partial charge in [-0.05, 0) is 43.6 Å². The van der Waals surface area contributed by atoms with Crippen LogP contribution < -0.4 is 4.13 Å². The van der Waals surface area contributed by atoms with Gasteiger partial charge in [-0.2, -0.15) is 4.13 Å². The third kappa shape index (κ3) is 1.04. The highest BCUT2D eigenvalue weighted by molar-refractivity contribution is 8.35. The molecule has 1 unspecified atom stereocenters. The van der Waals surface area contributed by atoms with E-state index in [0.717, 1.165) is 0 Å². The largest absolute Gasteiger partial charge is 0.197 e. The van der Waals surface area contributed by atoms with Gasteiger partial charge < -0.3 is 0 Å². The lowest BCUT2D eigenvalue weighted by Gasteiger charge is -1.82. The standard InChI is InChI=1S/C2H3NS3/c4-6-2-1-5-3-6/h1-3H. The van der Waals surface area contributed by atoms with Crippen molar-refractivity contribution >= 4 is 32.8 Å². The first-order chi connectivity index (χ1) is 2.89. The zero-order chi connectivity index (χ0) is 4.41. The van der Waals surface area contributed by atoms with Crippen LogP contribution in [0.3, 0.4) is 0 Å². The molecule has 0 bridgehead atoms. The van der Waals surface area contributed by atoms with Crippen molar-refractivity contribution in [3.05, 3.63) is 10.8 Å². The quantitative estimate of drug-likeness (QED) is 0.494. The van der Waals surface area contributed by atoms with Crippen LogP contribution in [0.15, 0.2) is 10.8 Å². The van der Waals surface area contributed by atoms with Crippen LogP contribution in [0.5, 0.6) is 0 Å². The molecule has 1 aliphatic rings. The SMILES string of the molecule is S=S1C=CSN1. The van der Waals surface area contributed by atoms with Crippen LogP contribution in [0.25, 0.3) is 0 Å². The second-order valence-electron chi connectivity index (χ2n) is 0.771. The zero-order valence-corrected chi connectivity index (χ0v) is 5.33. The van der Waals surface area contributed by atoms with Gasteiger partial charge in [0.25, 0.3) is 0 Å². The molecule has 0 aromatic rings. The van der Waals surface area contributed by atoms with Crippen LogP contribution in [-0.2, 0) is 20.8 Å². The fourth-order valence-corrected chi connectivity index (χ4v) is 2.39. The van der Waals surface area contributed by atoms with Gasteiger partial charge >= 0.3 is 0 Å². The Hall–Kier alpha value is 0.620. The zero-order valence-electron chi connectivity index (χ0n) is 2.88. The van der Waals surface area contributed by atoms with Crippen LogP contribution in [0.2, 0.25) is 0 Å². The summed E-state index contributed by atoms with van der Waals surface area (Å²) in [7, 11) is -0.0571. The summed E-state index contributed by atoms with van der Waals surface area (Å²) in [5.74, 6) is 0. The minimum absolute atomic E-state index is 0.0571. The molecule has 0 radical (unpaired) electrons. The van der Waals surface area contributed by atoms with Gasteiger partial charge in [0.1, 0.15) is 0 Å². The van der Waals surface area contributed by atoms with Crippen molar-refractivity contribution in [1.29, 1.82) is 0 Å². The summed E-state index contributed by atoms with van der Waals surface area (Å²) >= 11 is 6.37. The first-order valence-electron chi connectivity index (χ1n) is 1.38. The van der Waals surface area contributed by atoms with E-state index in [4.69, 9.17) is 11.2 Å². The van der Waals surface area contributed by atoms with Gasteiger partial charge in [0.15, 0.2) is 0 Å². The van der Waals surface area contributed by atoms with Gasteiger partial charge in [0, 0.05) is 0 Å².